The lowest BCUT2D eigenvalue weighted by molar-refractivity contribution is -0.124. The van der Waals surface area contributed by atoms with Gasteiger partial charge in [0.15, 0.2) is 0 Å². The van der Waals surface area contributed by atoms with Gasteiger partial charge in [-0.3, -0.25) is 4.79 Å². The minimum atomic E-state index is -3.83. The number of benzene rings is 1. The van der Waals surface area contributed by atoms with Gasteiger partial charge in [-0.15, -0.1) is 0 Å². The number of hydrogen-bond acceptors (Lipinski definition) is 4. The lowest BCUT2D eigenvalue weighted by atomic mass is 9.97. The maximum atomic E-state index is 11.9. The number of carbonyl (C=O) groups excluding carboxylic acids is 1. The summed E-state index contributed by atoms with van der Waals surface area (Å²) in [4.78, 5) is 12.0. The van der Waals surface area contributed by atoms with Gasteiger partial charge in [-0.05, 0) is 37.8 Å². The van der Waals surface area contributed by atoms with Crippen LogP contribution < -0.4 is 10.5 Å². The van der Waals surface area contributed by atoms with Crippen LogP contribution in [0, 0.1) is 5.92 Å². The van der Waals surface area contributed by atoms with Crippen LogP contribution in [0.1, 0.15) is 19.8 Å². The molecule has 18 heavy (non-hydrogen) atoms. The number of hydrogen-bond donors (Lipinski definition) is 2. The summed E-state index contributed by atoms with van der Waals surface area (Å²) in [5, 5.41) is 0. The Balaban J connectivity index is 2.16. The van der Waals surface area contributed by atoms with Gasteiger partial charge in [0.25, 0.3) is 15.9 Å². The second-order valence-electron chi connectivity index (χ2n) is 4.80. The van der Waals surface area contributed by atoms with Crippen LogP contribution in [0.3, 0.4) is 0 Å². The van der Waals surface area contributed by atoms with E-state index >= 15 is 0 Å². The van der Waals surface area contributed by atoms with E-state index in [9.17, 15) is 13.2 Å². The van der Waals surface area contributed by atoms with Gasteiger partial charge in [0.05, 0.1) is 10.4 Å². The van der Waals surface area contributed by atoms with E-state index in [4.69, 9.17) is 5.73 Å². The summed E-state index contributed by atoms with van der Waals surface area (Å²) in [5.41, 5.74) is 4.75. The van der Waals surface area contributed by atoms with Crippen molar-refractivity contribution < 1.29 is 13.2 Å². The number of nitrogens with one attached hydrogen (secondary N) is 1. The molecule has 2 rings (SSSR count). The normalized spacial score (nSPS) is 19.0. The van der Waals surface area contributed by atoms with Crippen molar-refractivity contribution in [3.8, 4) is 0 Å². The van der Waals surface area contributed by atoms with Crippen molar-refractivity contribution in [2.75, 3.05) is 0 Å². The van der Waals surface area contributed by atoms with Gasteiger partial charge in [0, 0.05) is 0 Å². The standard InChI is InChI=1S/C12H16N2O3S/c1-12(13,9-7-8-9)11(15)14-18(16,17)10-5-3-2-4-6-10/h2-6,9H,7-8,13H2,1H3,(H,14,15). The lowest BCUT2D eigenvalue weighted by Crippen LogP contribution is -2.54. The van der Waals surface area contributed by atoms with Crippen molar-refractivity contribution in [2.24, 2.45) is 11.7 Å². The SMILES string of the molecule is CC(N)(C(=O)NS(=O)(=O)c1ccccc1)C1CC1. The van der Waals surface area contributed by atoms with Crippen LogP contribution in [0.25, 0.3) is 0 Å². The zero-order valence-corrected chi connectivity index (χ0v) is 10.9. The predicted molar refractivity (Wildman–Crippen MR) is 67.1 cm³/mol. The topological polar surface area (TPSA) is 89.3 Å². The van der Waals surface area contributed by atoms with Gasteiger partial charge in [-0.1, -0.05) is 18.2 Å². The molecular weight excluding hydrogens is 252 g/mol. The smallest absolute Gasteiger partial charge is 0.264 e. The second kappa shape index (κ2) is 4.37. The average Bonchev–Trinajstić information content (AvgIpc) is 3.13. The highest BCUT2D eigenvalue weighted by Gasteiger charge is 2.45. The monoisotopic (exact) mass is 268 g/mol. The lowest BCUT2D eigenvalue weighted by Gasteiger charge is -2.22. The Morgan fingerprint density at radius 3 is 2.39 bits per heavy atom. The van der Waals surface area contributed by atoms with E-state index in [-0.39, 0.29) is 10.8 Å². The first-order valence-electron chi connectivity index (χ1n) is 5.75. The number of nitrogens with two attached hydrogens (primary N) is 1. The molecule has 0 aromatic heterocycles. The summed E-state index contributed by atoms with van der Waals surface area (Å²) >= 11 is 0. The Morgan fingerprint density at radius 2 is 1.89 bits per heavy atom. The first-order chi connectivity index (χ1) is 8.34. The van der Waals surface area contributed by atoms with E-state index < -0.39 is 21.5 Å². The molecule has 0 bridgehead atoms. The highest BCUT2D eigenvalue weighted by Crippen LogP contribution is 2.38. The van der Waals surface area contributed by atoms with E-state index in [0.29, 0.717) is 0 Å². The maximum Gasteiger partial charge on any atom is 0.264 e. The molecule has 1 amide bonds. The molecule has 3 N–H and O–H groups in total. The molecule has 1 atom stereocenters. The van der Waals surface area contributed by atoms with Crippen LogP contribution in [-0.2, 0) is 14.8 Å². The predicted octanol–water partition coefficient (Wildman–Crippen LogP) is 0.619. The minimum absolute atomic E-state index is 0.0601. The fourth-order valence-electron chi connectivity index (χ4n) is 1.76. The van der Waals surface area contributed by atoms with Crippen LogP contribution >= 0.6 is 0 Å². The Labute approximate surface area is 106 Å². The summed E-state index contributed by atoms with van der Waals surface area (Å²) in [6.45, 7) is 1.57. The molecule has 1 saturated carbocycles. The molecule has 1 unspecified atom stereocenters. The Morgan fingerprint density at radius 1 is 1.33 bits per heavy atom. The van der Waals surface area contributed by atoms with E-state index in [2.05, 4.69) is 0 Å². The van der Waals surface area contributed by atoms with E-state index in [0.717, 1.165) is 12.8 Å². The quantitative estimate of drug-likeness (QED) is 0.837. The van der Waals surface area contributed by atoms with Crippen LogP contribution in [0.2, 0.25) is 0 Å². The fourth-order valence-corrected chi connectivity index (χ4v) is 2.86. The second-order valence-corrected chi connectivity index (χ2v) is 6.49. The Bertz CT molecular complexity index is 548. The molecule has 6 heteroatoms. The molecule has 1 aliphatic rings. The molecule has 0 saturated heterocycles. The van der Waals surface area contributed by atoms with Crippen LogP contribution in [0.15, 0.2) is 35.2 Å². The Hall–Kier alpha value is -1.40. The third kappa shape index (κ3) is 2.54. The van der Waals surface area contributed by atoms with Crippen LogP contribution in [0.5, 0.6) is 0 Å². The largest absolute Gasteiger partial charge is 0.317 e. The minimum Gasteiger partial charge on any atom is -0.317 e. The number of carbonyl (C=O) groups is 1. The van der Waals surface area contributed by atoms with Crippen molar-refractivity contribution in [3.63, 3.8) is 0 Å². The Kier molecular flexibility index (Phi) is 3.16. The third-order valence-electron chi connectivity index (χ3n) is 3.20. The average molecular weight is 268 g/mol. The fraction of sp³-hybridized carbons (Fsp3) is 0.417. The van der Waals surface area contributed by atoms with Gasteiger partial charge < -0.3 is 5.73 Å². The summed E-state index contributed by atoms with van der Waals surface area (Å²) in [6.07, 6.45) is 1.73. The van der Waals surface area contributed by atoms with Gasteiger partial charge >= 0.3 is 0 Å². The number of amides is 1. The molecule has 1 fully saturated rings. The third-order valence-corrected chi connectivity index (χ3v) is 4.54. The molecule has 5 nitrogen and oxygen atoms in total. The van der Waals surface area contributed by atoms with Crippen molar-refractivity contribution in [1.29, 1.82) is 0 Å². The van der Waals surface area contributed by atoms with E-state index in [1.54, 1.807) is 25.1 Å². The zero-order valence-electron chi connectivity index (χ0n) is 10.1. The van der Waals surface area contributed by atoms with Crippen LogP contribution in [0.4, 0.5) is 0 Å². The maximum absolute atomic E-state index is 11.9. The summed E-state index contributed by atoms with van der Waals surface area (Å²) < 4.78 is 25.9. The molecule has 0 heterocycles. The van der Waals surface area contributed by atoms with E-state index in [1.165, 1.54) is 12.1 Å². The van der Waals surface area contributed by atoms with Crippen molar-refractivity contribution in [2.45, 2.75) is 30.2 Å². The van der Waals surface area contributed by atoms with Crippen molar-refractivity contribution in [1.82, 2.24) is 4.72 Å². The molecule has 0 spiro atoms. The molecule has 1 aromatic carbocycles. The van der Waals surface area contributed by atoms with Gasteiger partial charge in [-0.2, -0.15) is 0 Å². The summed E-state index contributed by atoms with van der Waals surface area (Å²) in [5.74, 6) is -0.572. The van der Waals surface area contributed by atoms with Gasteiger partial charge in [-0.25, -0.2) is 13.1 Å². The van der Waals surface area contributed by atoms with Crippen molar-refractivity contribution in [3.05, 3.63) is 30.3 Å². The summed E-state index contributed by atoms with van der Waals surface area (Å²) in [7, 11) is -3.83. The van der Waals surface area contributed by atoms with Crippen LogP contribution in [-0.4, -0.2) is 19.9 Å². The highest BCUT2D eigenvalue weighted by molar-refractivity contribution is 7.90. The zero-order chi connectivity index (χ0) is 13.4. The van der Waals surface area contributed by atoms with Gasteiger partial charge in [0.1, 0.15) is 0 Å². The molecular formula is C12H16N2O3S. The number of sulfonamides is 1. The molecule has 0 aliphatic heterocycles. The van der Waals surface area contributed by atoms with E-state index in [1.807, 2.05) is 4.72 Å². The first-order valence-corrected chi connectivity index (χ1v) is 7.23. The first kappa shape index (κ1) is 13.0. The molecule has 98 valence electrons. The number of rotatable bonds is 4. The highest BCUT2D eigenvalue weighted by atomic mass is 32.2. The molecule has 1 aromatic rings. The summed E-state index contributed by atoms with van der Waals surface area (Å²) in [6, 6.07) is 7.77. The molecule has 0 radical (unpaired) electrons. The molecule has 1 aliphatic carbocycles. The van der Waals surface area contributed by atoms with Crippen molar-refractivity contribution >= 4 is 15.9 Å². The van der Waals surface area contributed by atoms with Gasteiger partial charge in [0.2, 0.25) is 0 Å².